The summed E-state index contributed by atoms with van der Waals surface area (Å²) in [5.74, 6) is -0.559. The molecule has 0 radical (unpaired) electrons. The van der Waals surface area contributed by atoms with Crippen molar-refractivity contribution in [2.24, 2.45) is 5.92 Å². The van der Waals surface area contributed by atoms with Gasteiger partial charge in [0, 0.05) is 11.6 Å². The highest BCUT2D eigenvalue weighted by molar-refractivity contribution is 5.44. The first-order valence-electron chi connectivity index (χ1n) is 5.74. The van der Waals surface area contributed by atoms with Gasteiger partial charge in [-0.25, -0.2) is 4.39 Å². The van der Waals surface area contributed by atoms with Gasteiger partial charge in [0.15, 0.2) is 11.6 Å². The van der Waals surface area contributed by atoms with Gasteiger partial charge in [0.1, 0.15) is 6.61 Å². The van der Waals surface area contributed by atoms with Crippen LogP contribution in [0.15, 0.2) is 12.1 Å². The molecule has 0 heterocycles. The van der Waals surface area contributed by atoms with E-state index in [1.807, 2.05) is 0 Å². The van der Waals surface area contributed by atoms with Crippen molar-refractivity contribution in [3.05, 3.63) is 33.6 Å². The number of hydrogen-bond donors (Lipinski definition) is 1. The molecule has 0 amide bonds. The quantitative estimate of drug-likeness (QED) is 0.646. The van der Waals surface area contributed by atoms with Gasteiger partial charge in [0.25, 0.3) is 5.69 Å². The van der Waals surface area contributed by atoms with Crippen LogP contribution in [0.1, 0.15) is 18.4 Å². The summed E-state index contributed by atoms with van der Waals surface area (Å²) in [5.41, 5.74) is 0.0461. The molecule has 0 unspecified atom stereocenters. The third kappa shape index (κ3) is 2.76. The van der Waals surface area contributed by atoms with E-state index < -0.39 is 16.8 Å². The van der Waals surface area contributed by atoms with Crippen LogP contribution in [0.25, 0.3) is 0 Å². The van der Waals surface area contributed by atoms with Gasteiger partial charge in [0.05, 0.1) is 17.1 Å². The van der Waals surface area contributed by atoms with E-state index in [9.17, 15) is 19.6 Å². The molecule has 0 bridgehead atoms. The van der Waals surface area contributed by atoms with E-state index in [2.05, 4.69) is 0 Å². The molecule has 1 aliphatic rings. The third-order valence-electron chi connectivity index (χ3n) is 2.99. The molecular formula is C12H14FNO4. The van der Waals surface area contributed by atoms with E-state index in [4.69, 9.17) is 4.74 Å². The maximum atomic E-state index is 13.6. The molecule has 1 aromatic carbocycles. The number of halogens is 1. The summed E-state index contributed by atoms with van der Waals surface area (Å²) in [7, 11) is 0. The van der Waals surface area contributed by atoms with Crippen LogP contribution in [-0.2, 0) is 0 Å². The second-order valence-electron chi connectivity index (χ2n) is 4.55. The lowest BCUT2D eigenvalue weighted by Crippen LogP contribution is -2.20. The number of hydrogen-bond acceptors (Lipinski definition) is 4. The summed E-state index contributed by atoms with van der Waals surface area (Å²) in [6.45, 7) is 1.55. The highest BCUT2D eigenvalue weighted by atomic mass is 19.1. The van der Waals surface area contributed by atoms with Crippen LogP contribution < -0.4 is 4.74 Å². The maximum absolute atomic E-state index is 13.6. The second-order valence-corrected chi connectivity index (χ2v) is 4.55. The van der Waals surface area contributed by atoms with E-state index >= 15 is 0 Å². The number of ether oxygens (including phenoxy) is 1. The molecule has 1 aliphatic carbocycles. The van der Waals surface area contributed by atoms with Crippen LogP contribution in [0.2, 0.25) is 0 Å². The van der Waals surface area contributed by atoms with Crippen LogP contribution in [-0.4, -0.2) is 22.7 Å². The summed E-state index contributed by atoms with van der Waals surface area (Å²) in [4.78, 5) is 9.88. The average Bonchev–Trinajstić information content (AvgIpc) is 3.10. The van der Waals surface area contributed by atoms with E-state index in [1.54, 1.807) is 0 Å². The summed E-state index contributed by atoms with van der Waals surface area (Å²) in [6.07, 6.45) is 1.33. The van der Waals surface area contributed by atoms with Crippen LogP contribution in [0.4, 0.5) is 10.1 Å². The average molecular weight is 255 g/mol. The molecule has 1 saturated carbocycles. The monoisotopic (exact) mass is 255 g/mol. The van der Waals surface area contributed by atoms with Gasteiger partial charge in [0.2, 0.25) is 0 Å². The van der Waals surface area contributed by atoms with Crippen LogP contribution in [0.5, 0.6) is 5.75 Å². The summed E-state index contributed by atoms with van der Waals surface area (Å²) in [6, 6.07) is 2.08. The van der Waals surface area contributed by atoms with Gasteiger partial charge >= 0.3 is 0 Å². The Hall–Kier alpha value is -1.69. The van der Waals surface area contributed by atoms with Crippen LogP contribution in [0.3, 0.4) is 0 Å². The topological polar surface area (TPSA) is 72.6 Å². The summed E-state index contributed by atoms with van der Waals surface area (Å²) < 4.78 is 18.8. The fourth-order valence-electron chi connectivity index (χ4n) is 1.79. The minimum atomic E-state index is -0.773. The number of nitro groups is 1. The SMILES string of the molecule is Cc1cc([N+](=O)[O-])cc(F)c1OC[C@@H](O)C1CC1. The molecule has 1 fully saturated rings. The van der Waals surface area contributed by atoms with Crippen molar-refractivity contribution in [1.82, 2.24) is 0 Å². The Kier molecular flexibility index (Phi) is 3.47. The number of aryl methyl sites for hydroxylation is 1. The molecule has 1 aromatic rings. The molecule has 6 heteroatoms. The molecule has 0 spiro atoms. The number of aliphatic hydroxyl groups excluding tert-OH is 1. The van der Waals surface area contributed by atoms with Gasteiger partial charge in [-0.2, -0.15) is 0 Å². The van der Waals surface area contributed by atoms with Crippen molar-refractivity contribution in [3.8, 4) is 5.75 Å². The van der Waals surface area contributed by atoms with Crippen LogP contribution in [0, 0.1) is 28.8 Å². The lowest BCUT2D eigenvalue weighted by atomic mass is 10.2. The molecule has 18 heavy (non-hydrogen) atoms. The highest BCUT2D eigenvalue weighted by Crippen LogP contribution is 2.33. The second kappa shape index (κ2) is 4.89. The number of non-ortho nitro benzene ring substituents is 1. The van der Waals surface area contributed by atoms with Gasteiger partial charge in [-0.15, -0.1) is 0 Å². The Morgan fingerprint density at radius 3 is 2.78 bits per heavy atom. The first-order valence-corrected chi connectivity index (χ1v) is 5.74. The van der Waals surface area contributed by atoms with Crippen molar-refractivity contribution in [3.63, 3.8) is 0 Å². The maximum Gasteiger partial charge on any atom is 0.272 e. The van der Waals surface area contributed by atoms with Crippen molar-refractivity contribution in [2.75, 3.05) is 6.61 Å². The van der Waals surface area contributed by atoms with E-state index in [1.165, 1.54) is 13.0 Å². The normalized spacial score (nSPS) is 16.4. The summed E-state index contributed by atoms with van der Waals surface area (Å²) >= 11 is 0. The first kappa shape index (κ1) is 12.8. The van der Waals surface area contributed by atoms with E-state index in [0.717, 1.165) is 18.9 Å². The van der Waals surface area contributed by atoms with Crippen LogP contribution >= 0.6 is 0 Å². The molecule has 98 valence electrons. The number of benzene rings is 1. The van der Waals surface area contributed by atoms with Gasteiger partial charge in [-0.1, -0.05) is 0 Å². The lowest BCUT2D eigenvalue weighted by molar-refractivity contribution is -0.385. The van der Waals surface area contributed by atoms with Gasteiger partial charge in [-0.3, -0.25) is 10.1 Å². The number of nitro benzene ring substituents is 1. The molecule has 0 aliphatic heterocycles. The standard InChI is InChI=1S/C12H14FNO4/c1-7-4-9(14(16)17)5-10(13)12(7)18-6-11(15)8-2-3-8/h4-5,8,11,15H,2-3,6H2,1H3/t11-/m1/s1. The fourth-order valence-corrected chi connectivity index (χ4v) is 1.79. The predicted molar refractivity (Wildman–Crippen MR) is 62.0 cm³/mol. The zero-order valence-electron chi connectivity index (χ0n) is 9.93. The predicted octanol–water partition coefficient (Wildman–Crippen LogP) is 2.19. The smallest absolute Gasteiger partial charge is 0.272 e. The molecule has 5 nitrogen and oxygen atoms in total. The van der Waals surface area contributed by atoms with Gasteiger partial charge in [-0.05, 0) is 25.7 Å². The summed E-state index contributed by atoms with van der Waals surface area (Å²) in [5, 5.41) is 20.2. The Labute approximate surface area is 103 Å². The zero-order valence-corrected chi connectivity index (χ0v) is 9.93. The van der Waals surface area contributed by atoms with Crippen molar-refractivity contribution in [1.29, 1.82) is 0 Å². The van der Waals surface area contributed by atoms with E-state index in [0.29, 0.717) is 5.56 Å². The molecule has 1 N–H and O–H groups in total. The Morgan fingerprint density at radius 2 is 2.28 bits per heavy atom. The highest BCUT2D eigenvalue weighted by Gasteiger charge is 2.30. The molecule has 0 saturated heterocycles. The minimum Gasteiger partial charge on any atom is -0.488 e. The van der Waals surface area contributed by atoms with Gasteiger partial charge < -0.3 is 9.84 Å². The Bertz CT molecular complexity index is 450. The number of aliphatic hydroxyl groups is 1. The molecule has 1 atom stereocenters. The number of rotatable bonds is 5. The first-order chi connectivity index (χ1) is 8.49. The number of nitrogens with zero attached hydrogens (tertiary/aromatic N) is 1. The van der Waals surface area contributed by atoms with Crippen molar-refractivity contribution >= 4 is 5.69 Å². The molecular weight excluding hydrogens is 241 g/mol. The minimum absolute atomic E-state index is 0.0141. The Balaban J connectivity index is 2.09. The molecule has 2 rings (SSSR count). The Morgan fingerprint density at radius 1 is 1.61 bits per heavy atom. The largest absolute Gasteiger partial charge is 0.488 e. The van der Waals surface area contributed by atoms with E-state index in [-0.39, 0.29) is 24.0 Å². The zero-order chi connectivity index (χ0) is 13.3. The fraction of sp³-hybridized carbons (Fsp3) is 0.500. The molecule has 0 aromatic heterocycles. The van der Waals surface area contributed by atoms with Crippen molar-refractivity contribution < 1.29 is 19.2 Å². The third-order valence-corrected chi connectivity index (χ3v) is 2.99. The lowest BCUT2D eigenvalue weighted by Gasteiger charge is -2.13. The van der Waals surface area contributed by atoms with Crippen molar-refractivity contribution in [2.45, 2.75) is 25.9 Å².